The number of rotatable bonds is 12. The fraction of sp³-hybridized carbons (Fsp3) is 0.174. The van der Waals surface area contributed by atoms with Crippen LogP contribution in [0.1, 0.15) is 48.6 Å². The number of benzene rings is 6. The number of aromatic nitrogens is 4. The van der Waals surface area contributed by atoms with Crippen LogP contribution in [0.15, 0.2) is 164 Å². The van der Waals surface area contributed by atoms with Crippen LogP contribution in [0, 0.1) is 0 Å². The summed E-state index contributed by atoms with van der Waals surface area (Å²) in [5.41, 5.74) is 8.16. The summed E-state index contributed by atoms with van der Waals surface area (Å²) >= 11 is 0. The van der Waals surface area contributed by atoms with E-state index in [1.807, 2.05) is 55.8 Å². The maximum Gasteiger partial charge on any atom is 0.407 e. The van der Waals surface area contributed by atoms with E-state index in [0.29, 0.717) is 18.9 Å². The summed E-state index contributed by atoms with van der Waals surface area (Å²) in [5.74, 6) is 0.660. The van der Waals surface area contributed by atoms with E-state index < -0.39 is 17.2 Å². The monoisotopic (exact) mass is 712 g/mol. The summed E-state index contributed by atoms with van der Waals surface area (Å²) in [6.45, 7) is 6.58. The molecule has 0 saturated carbocycles. The van der Waals surface area contributed by atoms with Crippen molar-refractivity contribution in [1.82, 2.24) is 25.5 Å². The van der Waals surface area contributed by atoms with Crippen molar-refractivity contribution in [3.05, 3.63) is 192 Å². The van der Waals surface area contributed by atoms with Gasteiger partial charge in [0, 0.05) is 24.3 Å². The van der Waals surface area contributed by atoms with Crippen molar-refractivity contribution in [1.29, 1.82) is 0 Å². The number of alkyl carbamates (subject to hydrolysis) is 1. The quantitative estimate of drug-likeness (QED) is 0.0969. The highest BCUT2D eigenvalue weighted by Gasteiger charge is 2.42. The Morgan fingerprint density at radius 2 is 1.17 bits per heavy atom. The average molecular weight is 713 g/mol. The zero-order valence-electron chi connectivity index (χ0n) is 30.8. The van der Waals surface area contributed by atoms with E-state index in [9.17, 15) is 4.79 Å². The highest BCUT2D eigenvalue weighted by Crippen LogP contribution is 2.43. The molecule has 0 aliphatic rings. The predicted molar refractivity (Wildman–Crippen MR) is 215 cm³/mol. The molecule has 54 heavy (non-hydrogen) atoms. The van der Waals surface area contributed by atoms with Gasteiger partial charge in [-0.2, -0.15) is 0 Å². The molecule has 270 valence electrons. The third kappa shape index (κ3) is 7.78. The topological polar surface area (TPSA) is 94.0 Å². The minimum atomic E-state index is -0.854. The molecule has 8 heteroatoms. The van der Waals surface area contributed by atoms with Gasteiger partial charge in [-0.05, 0) is 82.6 Å². The Kier molecular flexibility index (Phi) is 10.6. The summed E-state index contributed by atoms with van der Waals surface area (Å²) in [6.07, 6.45) is 0.329. The number of hydrogen-bond acceptors (Lipinski definition) is 6. The summed E-state index contributed by atoms with van der Waals surface area (Å²) in [4.78, 5) is 12.1. The Morgan fingerprint density at radius 1 is 0.630 bits per heavy atom. The minimum absolute atomic E-state index is 0.418. The molecule has 0 fully saturated rings. The predicted octanol–water partition coefficient (Wildman–Crippen LogP) is 9.37. The maximum absolute atomic E-state index is 12.1. The van der Waals surface area contributed by atoms with Crippen LogP contribution in [0.4, 0.5) is 10.5 Å². The first-order valence-electron chi connectivity index (χ1n) is 18.3. The Morgan fingerprint density at radius 3 is 1.76 bits per heavy atom. The molecular weight excluding hydrogens is 669 g/mol. The lowest BCUT2D eigenvalue weighted by Gasteiger charge is -2.36. The third-order valence-corrected chi connectivity index (χ3v) is 9.32. The zero-order chi connectivity index (χ0) is 37.4. The fourth-order valence-corrected chi connectivity index (χ4v) is 6.96. The van der Waals surface area contributed by atoms with E-state index in [-0.39, 0.29) is 0 Å². The van der Waals surface area contributed by atoms with E-state index in [0.717, 1.165) is 45.5 Å². The summed E-state index contributed by atoms with van der Waals surface area (Å²) in [6, 6.07) is 56.6. The molecule has 0 saturated heterocycles. The maximum atomic E-state index is 12.1. The van der Waals surface area contributed by atoms with Gasteiger partial charge in [0.15, 0.2) is 5.82 Å². The van der Waals surface area contributed by atoms with Crippen LogP contribution in [0.5, 0.6) is 0 Å². The Balaban J connectivity index is 1.19. The first kappa shape index (κ1) is 35.8. The largest absolute Gasteiger partial charge is 0.444 e. The van der Waals surface area contributed by atoms with Crippen LogP contribution in [0.25, 0.3) is 22.5 Å². The second kappa shape index (κ2) is 16.0. The molecule has 7 aromatic rings. The van der Waals surface area contributed by atoms with Gasteiger partial charge >= 0.3 is 6.09 Å². The van der Waals surface area contributed by atoms with Gasteiger partial charge in [0.25, 0.3) is 0 Å². The van der Waals surface area contributed by atoms with Gasteiger partial charge in [-0.1, -0.05) is 158 Å². The summed E-state index contributed by atoms with van der Waals surface area (Å²) < 4.78 is 7.33. The number of hydrogen-bond donors (Lipinski definition) is 2. The lowest BCUT2D eigenvalue weighted by atomic mass is 9.77. The first-order valence-corrected chi connectivity index (χ1v) is 18.3. The van der Waals surface area contributed by atoms with Crippen LogP contribution >= 0.6 is 0 Å². The van der Waals surface area contributed by atoms with E-state index >= 15 is 0 Å². The van der Waals surface area contributed by atoms with Crippen molar-refractivity contribution in [2.45, 2.75) is 38.3 Å². The molecule has 1 aromatic heterocycles. The van der Waals surface area contributed by atoms with E-state index in [1.54, 1.807) is 0 Å². The summed E-state index contributed by atoms with van der Waals surface area (Å²) in [7, 11) is 0. The van der Waals surface area contributed by atoms with E-state index in [2.05, 4.69) is 149 Å². The SMILES string of the molecule is CC(C)(C)OC(=O)NCCNc1ccccc1Cc1ccc(-c2ccccc2-c2nnnn2C(c2ccccc2)(c2ccccc2)c2ccccc2)cc1. The van der Waals surface area contributed by atoms with Crippen molar-refractivity contribution in [2.75, 3.05) is 18.4 Å². The number of nitrogens with zero attached hydrogens (tertiary/aromatic N) is 4. The molecule has 2 N–H and O–H groups in total. The molecule has 6 aromatic carbocycles. The van der Waals surface area contributed by atoms with Crippen LogP contribution in [0.3, 0.4) is 0 Å². The number of amides is 1. The van der Waals surface area contributed by atoms with Crippen LogP contribution in [0.2, 0.25) is 0 Å². The standard InChI is InChI=1S/C46H44N6O2/c1-45(2,3)54-44(53)48-32-31-47-42-26-16-13-17-36(42)33-34-27-29-35(30-28-34)40-24-14-15-25-41(40)43-49-50-51-52(43)46(37-18-7-4-8-19-37,38-20-9-5-10-21-38)39-22-11-6-12-23-39/h4-30,47H,31-33H2,1-3H3,(H,48,53). The molecule has 0 unspecified atom stereocenters. The van der Waals surface area contributed by atoms with Crippen LogP contribution in [-0.2, 0) is 16.7 Å². The van der Waals surface area contributed by atoms with Gasteiger partial charge in [-0.25, -0.2) is 9.48 Å². The highest BCUT2D eigenvalue weighted by atomic mass is 16.6. The third-order valence-electron chi connectivity index (χ3n) is 9.32. The van der Waals surface area contributed by atoms with Crippen molar-refractivity contribution < 1.29 is 9.53 Å². The van der Waals surface area contributed by atoms with Crippen molar-refractivity contribution in [3.8, 4) is 22.5 Å². The highest BCUT2D eigenvalue weighted by molar-refractivity contribution is 5.81. The van der Waals surface area contributed by atoms with Gasteiger partial charge in [0.2, 0.25) is 0 Å². The summed E-state index contributed by atoms with van der Waals surface area (Å²) in [5, 5.41) is 20.1. The second-order valence-electron chi connectivity index (χ2n) is 14.2. The molecule has 0 radical (unpaired) electrons. The van der Waals surface area contributed by atoms with Gasteiger partial charge in [0.1, 0.15) is 11.1 Å². The molecular formula is C46H44N6O2. The number of carbonyl (C=O) groups excluding carboxylic acids is 1. The lowest BCUT2D eigenvalue weighted by molar-refractivity contribution is 0.0530. The minimum Gasteiger partial charge on any atom is -0.444 e. The Bertz CT molecular complexity index is 2190. The molecule has 0 aliphatic heterocycles. The van der Waals surface area contributed by atoms with E-state index in [4.69, 9.17) is 15.0 Å². The van der Waals surface area contributed by atoms with Crippen LogP contribution in [-0.4, -0.2) is 45.0 Å². The molecule has 7 rings (SSSR count). The number of nitrogens with one attached hydrogen (secondary N) is 2. The Labute approximate surface area is 316 Å². The van der Waals surface area contributed by atoms with Crippen molar-refractivity contribution in [3.63, 3.8) is 0 Å². The molecule has 1 amide bonds. The van der Waals surface area contributed by atoms with Gasteiger partial charge in [0.05, 0.1) is 0 Å². The van der Waals surface area contributed by atoms with Crippen molar-refractivity contribution in [2.24, 2.45) is 0 Å². The van der Waals surface area contributed by atoms with Gasteiger partial charge < -0.3 is 15.4 Å². The van der Waals surface area contributed by atoms with Gasteiger partial charge in [-0.15, -0.1) is 5.10 Å². The smallest absolute Gasteiger partial charge is 0.407 e. The molecule has 8 nitrogen and oxygen atoms in total. The number of para-hydroxylation sites is 1. The zero-order valence-corrected chi connectivity index (χ0v) is 30.8. The van der Waals surface area contributed by atoms with Crippen LogP contribution < -0.4 is 10.6 Å². The first-order chi connectivity index (χ1) is 26.3. The molecule has 0 bridgehead atoms. The Hall–Kier alpha value is -6.54. The fourth-order valence-electron chi connectivity index (χ4n) is 6.96. The van der Waals surface area contributed by atoms with Gasteiger partial charge in [-0.3, -0.25) is 0 Å². The lowest BCUT2D eigenvalue weighted by Crippen LogP contribution is -2.39. The molecule has 0 atom stereocenters. The average Bonchev–Trinajstić information content (AvgIpc) is 3.68. The molecule has 0 spiro atoms. The number of carbonyl (C=O) groups is 1. The normalized spacial score (nSPS) is 11.5. The van der Waals surface area contributed by atoms with Crippen molar-refractivity contribution >= 4 is 11.8 Å². The van der Waals surface area contributed by atoms with E-state index in [1.165, 1.54) is 11.1 Å². The number of anilines is 1. The molecule has 0 aliphatic carbocycles. The number of ether oxygens (including phenoxy) is 1. The second-order valence-corrected chi connectivity index (χ2v) is 14.2. The molecule has 1 heterocycles. The number of tetrazole rings is 1.